The zero-order valence-electron chi connectivity index (χ0n) is 16.4. The average Bonchev–Trinajstić information content (AvgIpc) is 3.28. The van der Waals surface area contributed by atoms with Gasteiger partial charge in [0.25, 0.3) is 11.5 Å². The predicted octanol–water partition coefficient (Wildman–Crippen LogP) is 3.19. The summed E-state index contributed by atoms with van der Waals surface area (Å²) in [7, 11) is 0. The van der Waals surface area contributed by atoms with Crippen LogP contribution in [0.5, 0.6) is 0 Å². The molecule has 2 heterocycles. The highest BCUT2D eigenvalue weighted by molar-refractivity contribution is 5.92. The molecule has 0 spiro atoms. The number of aromatic nitrogens is 2. The molecule has 4 rings (SSSR count). The second kappa shape index (κ2) is 9.00. The standard InChI is InChI=1S/C23H22FN3O3/c24-18-8-10-19(11-9-18)27-22(28)13-12-21(25-27)23(29)26(16-20-7-4-14-30-20)15-17-5-2-1-3-6-17/h1-3,5-6,8-13,20H,4,7,14-16H2. The van der Waals surface area contributed by atoms with Crippen molar-refractivity contribution in [3.05, 3.63) is 94.2 Å². The molecule has 154 valence electrons. The lowest BCUT2D eigenvalue weighted by Gasteiger charge is -2.25. The van der Waals surface area contributed by atoms with Gasteiger partial charge in [0.2, 0.25) is 0 Å². The van der Waals surface area contributed by atoms with Crippen LogP contribution in [0, 0.1) is 5.82 Å². The highest BCUT2D eigenvalue weighted by Gasteiger charge is 2.25. The molecule has 0 N–H and O–H groups in total. The maximum absolute atomic E-state index is 13.3. The number of benzene rings is 2. The summed E-state index contributed by atoms with van der Waals surface area (Å²) >= 11 is 0. The summed E-state index contributed by atoms with van der Waals surface area (Å²) in [6.45, 7) is 1.56. The molecule has 1 saturated heterocycles. The number of amides is 1. The van der Waals surface area contributed by atoms with Crippen LogP contribution in [0.25, 0.3) is 5.69 Å². The van der Waals surface area contributed by atoms with E-state index in [1.807, 2.05) is 30.3 Å². The second-order valence-corrected chi connectivity index (χ2v) is 7.25. The predicted molar refractivity (Wildman–Crippen MR) is 110 cm³/mol. The first-order chi connectivity index (χ1) is 14.6. The van der Waals surface area contributed by atoms with E-state index in [0.29, 0.717) is 25.4 Å². The number of hydrogen-bond acceptors (Lipinski definition) is 4. The summed E-state index contributed by atoms with van der Waals surface area (Å²) in [6.07, 6.45) is 1.87. The molecule has 0 radical (unpaired) electrons. The molecular weight excluding hydrogens is 385 g/mol. The van der Waals surface area contributed by atoms with E-state index < -0.39 is 11.4 Å². The first kappa shape index (κ1) is 20.0. The molecule has 1 aliphatic rings. The Bertz CT molecular complexity index is 1060. The Balaban J connectivity index is 1.63. The molecule has 1 amide bonds. The van der Waals surface area contributed by atoms with E-state index in [9.17, 15) is 14.0 Å². The van der Waals surface area contributed by atoms with Gasteiger partial charge in [-0.15, -0.1) is 0 Å². The maximum Gasteiger partial charge on any atom is 0.274 e. The van der Waals surface area contributed by atoms with Crippen LogP contribution in [0.2, 0.25) is 0 Å². The lowest BCUT2D eigenvalue weighted by atomic mass is 10.1. The molecule has 1 atom stereocenters. The fourth-order valence-electron chi connectivity index (χ4n) is 3.51. The van der Waals surface area contributed by atoms with Crippen LogP contribution >= 0.6 is 0 Å². The van der Waals surface area contributed by atoms with Crippen LogP contribution < -0.4 is 5.56 Å². The second-order valence-electron chi connectivity index (χ2n) is 7.25. The van der Waals surface area contributed by atoms with Crippen LogP contribution in [0.1, 0.15) is 28.9 Å². The Labute approximate surface area is 173 Å². The topological polar surface area (TPSA) is 64.4 Å². The number of hydrogen-bond donors (Lipinski definition) is 0. The van der Waals surface area contributed by atoms with Gasteiger partial charge in [-0.25, -0.2) is 4.39 Å². The number of ether oxygens (including phenoxy) is 1. The lowest BCUT2D eigenvalue weighted by molar-refractivity contribution is 0.0501. The Hall–Kier alpha value is -3.32. The third-order valence-corrected chi connectivity index (χ3v) is 5.04. The smallest absolute Gasteiger partial charge is 0.274 e. The normalized spacial score (nSPS) is 15.8. The van der Waals surface area contributed by atoms with Crippen molar-refractivity contribution in [2.24, 2.45) is 0 Å². The zero-order chi connectivity index (χ0) is 20.9. The van der Waals surface area contributed by atoms with E-state index in [4.69, 9.17) is 4.74 Å². The van der Waals surface area contributed by atoms with Crippen molar-refractivity contribution in [1.82, 2.24) is 14.7 Å². The van der Waals surface area contributed by atoms with Crippen LogP contribution in [0.15, 0.2) is 71.5 Å². The quantitative estimate of drug-likeness (QED) is 0.630. The molecule has 7 heteroatoms. The molecule has 2 aromatic carbocycles. The first-order valence-corrected chi connectivity index (χ1v) is 9.91. The number of nitrogens with zero attached hydrogens (tertiary/aromatic N) is 3. The van der Waals surface area contributed by atoms with Gasteiger partial charge in [-0.2, -0.15) is 9.78 Å². The van der Waals surface area contributed by atoms with Crippen molar-refractivity contribution in [3.63, 3.8) is 0 Å². The minimum atomic E-state index is -0.412. The Morgan fingerprint density at radius 3 is 2.57 bits per heavy atom. The van der Waals surface area contributed by atoms with Gasteiger partial charge in [-0.05, 0) is 48.7 Å². The third kappa shape index (κ3) is 4.63. The first-order valence-electron chi connectivity index (χ1n) is 9.91. The van der Waals surface area contributed by atoms with E-state index in [1.54, 1.807) is 4.90 Å². The Morgan fingerprint density at radius 1 is 1.10 bits per heavy atom. The number of rotatable bonds is 6. The third-order valence-electron chi connectivity index (χ3n) is 5.04. The van der Waals surface area contributed by atoms with Gasteiger partial charge in [0, 0.05) is 25.8 Å². The summed E-state index contributed by atoms with van der Waals surface area (Å²) in [4.78, 5) is 27.3. The molecule has 1 aliphatic heterocycles. The van der Waals surface area contributed by atoms with Gasteiger partial charge in [0.15, 0.2) is 0 Å². The Morgan fingerprint density at radius 2 is 1.87 bits per heavy atom. The molecule has 3 aromatic rings. The number of carbonyl (C=O) groups excluding carboxylic acids is 1. The van der Waals surface area contributed by atoms with Gasteiger partial charge < -0.3 is 9.64 Å². The average molecular weight is 407 g/mol. The fraction of sp³-hybridized carbons (Fsp3) is 0.261. The summed E-state index contributed by atoms with van der Waals surface area (Å²) < 4.78 is 20.1. The zero-order valence-corrected chi connectivity index (χ0v) is 16.4. The van der Waals surface area contributed by atoms with E-state index in [-0.39, 0.29) is 17.7 Å². The molecule has 0 saturated carbocycles. The maximum atomic E-state index is 13.3. The molecule has 1 unspecified atom stereocenters. The van der Waals surface area contributed by atoms with Crippen molar-refractivity contribution < 1.29 is 13.9 Å². The largest absolute Gasteiger partial charge is 0.376 e. The van der Waals surface area contributed by atoms with Gasteiger partial charge in [-0.3, -0.25) is 9.59 Å². The van der Waals surface area contributed by atoms with Crippen LogP contribution in [-0.2, 0) is 11.3 Å². The summed E-state index contributed by atoms with van der Waals surface area (Å²) in [5, 5.41) is 4.26. The highest BCUT2D eigenvalue weighted by atomic mass is 19.1. The van der Waals surface area contributed by atoms with Gasteiger partial charge >= 0.3 is 0 Å². The van der Waals surface area contributed by atoms with Crippen molar-refractivity contribution in [2.75, 3.05) is 13.2 Å². The van der Waals surface area contributed by atoms with Crippen LogP contribution in [0.3, 0.4) is 0 Å². The van der Waals surface area contributed by atoms with Crippen LogP contribution in [-0.4, -0.2) is 39.8 Å². The minimum Gasteiger partial charge on any atom is -0.376 e. The molecule has 0 aliphatic carbocycles. The molecule has 0 bridgehead atoms. The van der Waals surface area contributed by atoms with Gasteiger partial charge in [0.05, 0.1) is 11.8 Å². The van der Waals surface area contributed by atoms with E-state index in [1.165, 1.54) is 36.4 Å². The summed E-state index contributed by atoms with van der Waals surface area (Å²) in [6, 6.07) is 17.8. The van der Waals surface area contributed by atoms with Gasteiger partial charge in [-0.1, -0.05) is 30.3 Å². The molecular formula is C23H22FN3O3. The molecule has 1 fully saturated rings. The highest BCUT2D eigenvalue weighted by Crippen LogP contribution is 2.17. The number of halogens is 1. The van der Waals surface area contributed by atoms with E-state index >= 15 is 0 Å². The van der Waals surface area contributed by atoms with Crippen LogP contribution in [0.4, 0.5) is 4.39 Å². The van der Waals surface area contributed by atoms with E-state index in [2.05, 4.69) is 5.10 Å². The monoisotopic (exact) mass is 407 g/mol. The summed E-state index contributed by atoms with van der Waals surface area (Å²) in [5.74, 6) is -0.699. The molecule has 1 aromatic heterocycles. The fourth-order valence-corrected chi connectivity index (χ4v) is 3.51. The number of carbonyl (C=O) groups is 1. The Kier molecular flexibility index (Phi) is 5.99. The van der Waals surface area contributed by atoms with Crippen molar-refractivity contribution in [1.29, 1.82) is 0 Å². The van der Waals surface area contributed by atoms with E-state index in [0.717, 1.165) is 23.1 Å². The van der Waals surface area contributed by atoms with Crippen molar-refractivity contribution in [3.8, 4) is 5.69 Å². The molecule has 30 heavy (non-hydrogen) atoms. The van der Waals surface area contributed by atoms with Gasteiger partial charge in [0.1, 0.15) is 11.5 Å². The van der Waals surface area contributed by atoms with Crippen molar-refractivity contribution in [2.45, 2.75) is 25.5 Å². The minimum absolute atomic E-state index is 0.0133. The molecule has 6 nitrogen and oxygen atoms in total. The van der Waals surface area contributed by atoms with Crippen molar-refractivity contribution >= 4 is 5.91 Å². The lowest BCUT2D eigenvalue weighted by Crippen LogP contribution is -2.38. The summed E-state index contributed by atoms with van der Waals surface area (Å²) in [5.41, 5.74) is 1.14. The SMILES string of the molecule is O=C(c1ccc(=O)n(-c2ccc(F)cc2)n1)N(Cc1ccccc1)CC1CCCO1.